The molecule has 2 aromatic rings. The first kappa shape index (κ1) is 16.2. The minimum atomic E-state index is 0.514. The molecule has 2 nitrogen and oxygen atoms in total. The second-order valence-electron chi connectivity index (χ2n) is 5.71. The molecule has 0 saturated carbocycles. The quantitative estimate of drug-likeness (QED) is 0.495. The van der Waals surface area contributed by atoms with E-state index in [1.165, 1.54) is 5.56 Å². The summed E-state index contributed by atoms with van der Waals surface area (Å²) in [5.74, 6) is 2.39. The van der Waals surface area contributed by atoms with Crippen molar-refractivity contribution in [2.24, 2.45) is 5.92 Å². The van der Waals surface area contributed by atoms with Crippen molar-refractivity contribution in [3.63, 3.8) is 0 Å². The first-order chi connectivity index (χ1) is 10.1. The normalized spacial score (nSPS) is 11.1. The molecule has 0 aromatic heterocycles. The van der Waals surface area contributed by atoms with Gasteiger partial charge in [0.15, 0.2) is 0 Å². The van der Waals surface area contributed by atoms with E-state index in [9.17, 15) is 0 Å². The second-order valence-corrected chi connectivity index (χ2v) is 6.50. The first-order valence-electron chi connectivity index (χ1n) is 7.46. The molecule has 0 N–H and O–H groups in total. The minimum Gasteiger partial charge on any atom is -0.493 e. The zero-order chi connectivity index (χ0) is 15.2. The molecule has 0 fully saturated rings. The van der Waals surface area contributed by atoms with Crippen molar-refractivity contribution < 1.29 is 9.47 Å². The summed E-state index contributed by atoms with van der Waals surface area (Å²) in [6.07, 6.45) is 0.999. The van der Waals surface area contributed by atoms with Gasteiger partial charge in [0, 0.05) is 16.1 Å². The van der Waals surface area contributed by atoms with Crippen LogP contribution in [-0.4, -0.2) is 18.5 Å². The van der Waals surface area contributed by atoms with Crippen LogP contribution in [0.2, 0.25) is 0 Å². The fourth-order valence-corrected chi connectivity index (χ4v) is 2.38. The van der Waals surface area contributed by atoms with E-state index in [-0.39, 0.29) is 0 Å². The van der Waals surface area contributed by atoms with Gasteiger partial charge in [0.1, 0.15) is 11.5 Å². The molecule has 21 heavy (non-hydrogen) atoms. The lowest BCUT2D eigenvalue weighted by molar-refractivity contribution is 0.273. The number of fused-ring (bicyclic) bond motifs is 1. The van der Waals surface area contributed by atoms with E-state index < -0.39 is 0 Å². The van der Waals surface area contributed by atoms with E-state index in [1.54, 1.807) is 0 Å². The van der Waals surface area contributed by atoms with Crippen molar-refractivity contribution in [1.82, 2.24) is 0 Å². The zero-order valence-corrected chi connectivity index (χ0v) is 14.6. The fraction of sp³-hybridized carbons (Fsp3) is 0.444. The largest absolute Gasteiger partial charge is 0.493 e. The van der Waals surface area contributed by atoms with E-state index >= 15 is 0 Å². The van der Waals surface area contributed by atoms with Crippen LogP contribution in [0.1, 0.15) is 25.8 Å². The maximum Gasteiger partial charge on any atom is 0.127 e. The molecule has 0 radical (unpaired) electrons. The number of aryl methyl sites for hydroxylation is 1. The van der Waals surface area contributed by atoms with Crippen LogP contribution >= 0.6 is 15.9 Å². The molecule has 0 aliphatic heterocycles. The van der Waals surface area contributed by atoms with Gasteiger partial charge in [-0.15, -0.1) is 0 Å². The van der Waals surface area contributed by atoms with Crippen molar-refractivity contribution >= 4 is 26.7 Å². The number of benzene rings is 2. The van der Waals surface area contributed by atoms with Gasteiger partial charge in [0.25, 0.3) is 0 Å². The lowest BCUT2D eigenvalue weighted by Crippen LogP contribution is -2.05. The number of halogens is 1. The Hall–Kier alpha value is -1.22. The van der Waals surface area contributed by atoms with Gasteiger partial charge < -0.3 is 9.47 Å². The summed E-state index contributed by atoms with van der Waals surface area (Å²) in [5, 5.41) is 3.21. The van der Waals surface area contributed by atoms with Crippen molar-refractivity contribution in [2.75, 3.05) is 18.5 Å². The van der Waals surface area contributed by atoms with E-state index in [0.29, 0.717) is 5.92 Å². The smallest absolute Gasteiger partial charge is 0.127 e. The molecular weight excluding hydrogens is 328 g/mol. The number of ether oxygens (including phenoxy) is 2. The molecule has 0 saturated heterocycles. The number of hydrogen-bond donors (Lipinski definition) is 0. The van der Waals surface area contributed by atoms with E-state index in [1.807, 2.05) is 12.1 Å². The fourth-order valence-electron chi connectivity index (χ4n) is 2.15. The van der Waals surface area contributed by atoms with Gasteiger partial charge in [0.2, 0.25) is 0 Å². The van der Waals surface area contributed by atoms with E-state index in [0.717, 1.165) is 47.2 Å². The summed E-state index contributed by atoms with van der Waals surface area (Å²) in [6.45, 7) is 7.87. The summed E-state index contributed by atoms with van der Waals surface area (Å²) in [7, 11) is 0. The van der Waals surface area contributed by atoms with E-state index in [2.05, 4.69) is 54.9 Å². The lowest BCUT2D eigenvalue weighted by atomic mass is 10.1. The number of hydrogen-bond acceptors (Lipinski definition) is 2. The molecule has 0 aliphatic rings. The molecule has 0 amide bonds. The second kappa shape index (κ2) is 7.69. The topological polar surface area (TPSA) is 18.5 Å². The molecule has 0 spiro atoms. The highest BCUT2D eigenvalue weighted by Gasteiger charge is 2.09. The monoisotopic (exact) mass is 350 g/mol. The highest BCUT2D eigenvalue weighted by atomic mass is 79.9. The molecule has 2 aromatic carbocycles. The molecular formula is C18H23BrO2. The van der Waals surface area contributed by atoms with Gasteiger partial charge in [0.05, 0.1) is 13.2 Å². The predicted molar refractivity (Wildman–Crippen MR) is 92.9 cm³/mol. The van der Waals surface area contributed by atoms with Crippen LogP contribution in [0.4, 0.5) is 0 Å². The highest BCUT2D eigenvalue weighted by molar-refractivity contribution is 9.09. The van der Waals surface area contributed by atoms with Crippen molar-refractivity contribution in [3.8, 4) is 11.5 Å². The van der Waals surface area contributed by atoms with Gasteiger partial charge in [-0.25, -0.2) is 0 Å². The summed E-state index contributed by atoms with van der Waals surface area (Å²) in [6, 6.07) is 10.4. The zero-order valence-electron chi connectivity index (χ0n) is 13.0. The predicted octanol–water partition coefficient (Wildman–Crippen LogP) is 5.35. The van der Waals surface area contributed by atoms with Crippen molar-refractivity contribution in [1.29, 1.82) is 0 Å². The molecule has 2 rings (SSSR count). The van der Waals surface area contributed by atoms with E-state index in [4.69, 9.17) is 9.47 Å². The average molecular weight is 351 g/mol. The molecule has 114 valence electrons. The highest BCUT2D eigenvalue weighted by Crippen LogP contribution is 2.34. The number of rotatable bonds is 7. The van der Waals surface area contributed by atoms with Crippen molar-refractivity contribution in [2.45, 2.75) is 27.2 Å². The third-order valence-corrected chi connectivity index (χ3v) is 3.76. The van der Waals surface area contributed by atoms with Crippen LogP contribution in [0.15, 0.2) is 30.3 Å². The van der Waals surface area contributed by atoms with Gasteiger partial charge in [-0.05, 0) is 37.5 Å². The Bertz CT molecular complexity index is 593. The minimum absolute atomic E-state index is 0.514. The van der Waals surface area contributed by atoms with Crippen LogP contribution in [0.3, 0.4) is 0 Å². The standard InChI is InChI=1S/C18H23BrO2/c1-13(2)12-21-17-7-8-18(20-10-4-9-19)16-11-14(3)5-6-15(16)17/h5-8,11,13H,4,9-10,12H2,1-3H3. The molecule has 0 aliphatic carbocycles. The third kappa shape index (κ3) is 4.37. The van der Waals surface area contributed by atoms with Crippen LogP contribution in [0, 0.1) is 12.8 Å². The molecule has 0 bridgehead atoms. The molecule has 0 unspecified atom stereocenters. The van der Waals surface area contributed by atoms with Crippen LogP contribution in [0.5, 0.6) is 11.5 Å². The van der Waals surface area contributed by atoms with Crippen LogP contribution in [0.25, 0.3) is 10.8 Å². The summed E-state index contributed by atoms with van der Waals surface area (Å²) < 4.78 is 11.8. The molecule has 3 heteroatoms. The Kier molecular flexibility index (Phi) is 5.92. The Morgan fingerprint density at radius 1 is 1.00 bits per heavy atom. The van der Waals surface area contributed by atoms with Crippen LogP contribution < -0.4 is 9.47 Å². The van der Waals surface area contributed by atoms with Gasteiger partial charge in [-0.2, -0.15) is 0 Å². The Labute approximate surface area is 135 Å². The van der Waals surface area contributed by atoms with Gasteiger partial charge in [-0.3, -0.25) is 0 Å². The summed E-state index contributed by atoms with van der Waals surface area (Å²) in [4.78, 5) is 0. The van der Waals surface area contributed by atoms with Gasteiger partial charge >= 0.3 is 0 Å². The Morgan fingerprint density at radius 2 is 1.71 bits per heavy atom. The molecule has 0 heterocycles. The number of alkyl halides is 1. The van der Waals surface area contributed by atoms with Gasteiger partial charge in [-0.1, -0.05) is 47.5 Å². The maximum absolute atomic E-state index is 5.94. The SMILES string of the molecule is Cc1ccc2c(OCC(C)C)ccc(OCCCBr)c2c1. The third-order valence-electron chi connectivity index (χ3n) is 3.20. The Balaban J connectivity index is 2.34. The van der Waals surface area contributed by atoms with Crippen LogP contribution in [-0.2, 0) is 0 Å². The Morgan fingerprint density at radius 3 is 2.38 bits per heavy atom. The first-order valence-corrected chi connectivity index (χ1v) is 8.59. The summed E-state index contributed by atoms with van der Waals surface area (Å²) in [5.41, 5.74) is 1.23. The summed E-state index contributed by atoms with van der Waals surface area (Å²) >= 11 is 3.43. The average Bonchev–Trinajstić information content (AvgIpc) is 2.46. The lowest BCUT2D eigenvalue weighted by Gasteiger charge is -2.15. The molecule has 0 atom stereocenters. The van der Waals surface area contributed by atoms with Crippen molar-refractivity contribution in [3.05, 3.63) is 35.9 Å². The maximum atomic E-state index is 5.94.